The van der Waals surface area contributed by atoms with E-state index in [2.05, 4.69) is 48.7 Å². The number of para-hydroxylation sites is 1. The summed E-state index contributed by atoms with van der Waals surface area (Å²) in [6, 6.07) is 16.1. The monoisotopic (exact) mass is 339 g/mol. The van der Waals surface area contributed by atoms with Gasteiger partial charge in [0.1, 0.15) is 5.71 Å². The Kier molecular flexibility index (Phi) is 6.87. The summed E-state index contributed by atoms with van der Waals surface area (Å²) in [5.41, 5.74) is 4.80. The van der Waals surface area contributed by atoms with Crippen molar-refractivity contribution in [2.75, 3.05) is 36.0 Å². The van der Waals surface area contributed by atoms with Crippen LogP contribution in [0, 0.1) is 0 Å². The van der Waals surface area contributed by atoms with E-state index in [4.69, 9.17) is 0 Å². The summed E-state index contributed by atoms with van der Waals surface area (Å²) >= 11 is 0. The first-order valence-electron chi connectivity index (χ1n) is 9.12. The van der Waals surface area contributed by atoms with Gasteiger partial charge in [-0.1, -0.05) is 47.6 Å². The van der Waals surface area contributed by atoms with Crippen molar-refractivity contribution in [2.45, 2.75) is 27.7 Å². The minimum Gasteiger partial charge on any atom is -0.410 e. The molecule has 0 fully saturated rings. The molecule has 1 N–H and O–H groups in total. The smallest absolute Gasteiger partial charge is 0.119 e. The predicted octanol–water partition coefficient (Wildman–Crippen LogP) is 4.61. The minimum atomic E-state index is 0.608. The number of oxime groups is 1. The summed E-state index contributed by atoms with van der Waals surface area (Å²) in [4.78, 5) is 4.67. The number of hydrogen-bond acceptors (Lipinski definition) is 4. The summed E-state index contributed by atoms with van der Waals surface area (Å²) in [7, 11) is 0. The molecule has 134 valence electrons. The van der Waals surface area contributed by atoms with Crippen molar-refractivity contribution in [3.8, 4) is 0 Å². The Hall–Kier alpha value is -2.49. The van der Waals surface area contributed by atoms with Crippen molar-refractivity contribution in [2.24, 2.45) is 5.16 Å². The van der Waals surface area contributed by atoms with Gasteiger partial charge in [-0.15, -0.1) is 0 Å². The van der Waals surface area contributed by atoms with E-state index >= 15 is 0 Å². The van der Waals surface area contributed by atoms with Crippen LogP contribution in [0.5, 0.6) is 0 Å². The third kappa shape index (κ3) is 3.95. The number of hydrogen-bond donors (Lipinski definition) is 1. The first-order chi connectivity index (χ1) is 12.2. The molecule has 0 aromatic heterocycles. The Morgan fingerprint density at radius 2 is 1.40 bits per heavy atom. The molecule has 4 nitrogen and oxygen atoms in total. The molecule has 25 heavy (non-hydrogen) atoms. The van der Waals surface area contributed by atoms with Crippen LogP contribution in [0.3, 0.4) is 0 Å². The Labute approximate surface area is 151 Å². The lowest BCUT2D eigenvalue weighted by Crippen LogP contribution is -2.30. The molecule has 0 saturated carbocycles. The molecule has 0 amide bonds. The molecule has 2 aromatic rings. The molecular weight excluding hydrogens is 310 g/mol. The van der Waals surface area contributed by atoms with Gasteiger partial charge in [0.2, 0.25) is 0 Å². The molecule has 0 aliphatic heterocycles. The Bertz CT molecular complexity index is 690. The average molecular weight is 339 g/mol. The van der Waals surface area contributed by atoms with Crippen molar-refractivity contribution in [1.82, 2.24) is 0 Å². The number of benzene rings is 2. The molecule has 2 aromatic carbocycles. The average Bonchev–Trinajstić information content (AvgIpc) is 2.66. The van der Waals surface area contributed by atoms with Crippen LogP contribution < -0.4 is 9.80 Å². The van der Waals surface area contributed by atoms with Crippen molar-refractivity contribution in [3.05, 3.63) is 59.7 Å². The number of rotatable bonds is 8. The van der Waals surface area contributed by atoms with E-state index in [1.807, 2.05) is 42.5 Å². The van der Waals surface area contributed by atoms with Crippen LogP contribution in [0.1, 0.15) is 38.8 Å². The Balaban J connectivity index is 2.70. The maximum atomic E-state index is 9.78. The molecule has 0 spiro atoms. The summed E-state index contributed by atoms with van der Waals surface area (Å²) < 4.78 is 0. The largest absolute Gasteiger partial charge is 0.410 e. The number of anilines is 2. The van der Waals surface area contributed by atoms with E-state index < -0.39 is 0 Å². The number of nitrogens with zero attached hydrogens (tertiary/aromatic N) is 3. The van der Waals surface area contributed by atoms with Gasteiger partial charge < -0.3 is 15.0 Å². The second-order valence-electron chi connectivity index (χ2n) is 5.83. The van der Waals surface area contributed by atoms with Crippen LogP contribution in [-0.2, 0) is 0 Å². The third-order valence-corrected chi connectivity index (χ3v) is 4.60. The lowest BCUT2D eigenvalue weighted by atomic mass is 9.98. The van der Waals surface area contributed by atoms with Gasteiger partial charge in [-0.05, 0) is 33.8 Å². The van der Waals surface area contributed by atoms with Crippen molar-refractivity contribution >= 4 is 17.1 Å². The minimum absolute atomic E-state index is 0.608. The maximum Gasteiger partial charge on any atom is 0.119 e. The van der Waals surface area contributed by atoms with Crippen LogP contribution in [0.25, 0.3) is 0 Å². The van der Waals surface area contributed by atoms with E-state index in [1.165, 1.54) is 5.69 Å². The van der Waals surface area contributed by atoms with Gasteiger partial charge in [0, 0.05) is 37.3 Å². The molecular formula is C21H29N3O. The topological polar surface area (TPSA) is 39.1 Å². The summed E-state index contributed by atoms with van der Waals surface area (Å²) in [5, 5.41) is 13.4. The van der Waals surface area contributed by atoms with E-state index in [0.29, 0.717) is 5.71 Å². The van der Waals surface area contributed by atoms with Crippen LogP contribution in [0.2, 0.25) is 0 Å². The zero-order valence-corrected chi connectivity index (χ0v) is 15.7. The van der Waals surface area contributed by atoms with Crippen molar-refractivity contribution < 1.29 is 5.21 Å². The second-order valence-corrected chi connectivity index (χ2v) is 5.83. The third-order valence-electron chi connectivity index (χ3n) is 4.60. The fraction of sp³-hybridized carbons (Fsp3) is 0.381. The lowest BCUT2D eigenvalue weighted by Gasteiger charge is -2.32. The van der Waals surface area contributed by atoms with Gasteiger partial charge in [-0.25, -0.2) is 0 Å². The normalized spacial score (nSPS) is 11.4. The van der Waals surface area contributed by atoms with Gasteiger partial charge in [-0.3, -0.25) is 0 Å². The van der Waals surface area contributed by atoms with Crippen molar-refractivity contribution in [3.63, 3.8) is 0 Å². The SMILES string of the molecule is CCN(CC)c1cccc(C(=NO)c2ccccc2)c1N(CC)CC. The highest BCUT2D eigenvalue weighted by atomic mass is 16.4. The summed E-state index contributed by atoms with van der Waals surface area (Å²) in [6.45, 7) is 12.3. The van der Waals surface area contributed by atoms with Gasteiger partial charge in [-0.2, -0.15) is 0 Å². The predicted molar refractivity (Wildman–Crippen MR) is 107 cm³/mol. The molecule has 4 heteroatoms. The lowest BCUT2D eigenvalue weighted by molar-refractivity contribution is 0.319. The fourth-order valence-corrected chi connectivity index (χ4v) is 3.28. The zero-order valence-electron chi connectivity index (χ0n) is 15.7. The summed E-state index contributed by atoms with van der Waals surface area (Å²) in [5.74, 6) is 0. The standard InChI is InChI=1S/C21H29N3O/c1-5-23(6-2)19-16-12-15-18(21(19)24(7-3)8-4)20(22-25)17-13-10-9-11-14-17/h9-16,25H,5-8H2,1-4H3. The fourth-order valence-electron chi connectivity index (χ4n) is 3.28. The quantitative estimate of drug-likeness (QED) is 0.434. The first kappa shape index (κ1) is 18.8. The molecule has 0 saturated heterocycles. The van der Waals surface area contributed by atoms with Gasteiger partial charge in [0.15, 0.2) is 0 Å². The van der Waals surface area contributed by atoms with Crippen LogP contribution in [0.4, 0.5) is 11.4 Å². The molecule has 0 bridgehead atoms. The van der Waals surface area contributed by atoms with E-state index in [0.717, 1.165) is 43.0 Å². The molecule has 0 atom stereocenters. The highest BCUT2D eigenvalue weighted by molar-refractivity contribution is 6.17. The molecule has 0 aliphatic carbocycles. The van der Waals surface area contributed by atoms with Gasteiger partial charge in [0.25, 0.3) is 0 Å². The molecule has 0 unspecified atom stereocenters. The van der Waals surface area contributed by atoms with Crippen LogP contribution in [-0.4, -0.2) is 37.1 Å². The first-order valence-corrected chi connectivity index (χ1v) is 9.12. The highest BCUT2D eigenvalue weighted by Crippen LogP contribution is 2.34. The van der Waals surface area contributed by atoms with Gasteiger partial charge in [0.05, 0.1) is 11.4 Å². The molecule has 0 radical (unpaired) electrons. The maximum absolute atomic E-state index is 9.78. The van der Waals surface area contributed by atoms with Gasteiger partial charge >= 0.3 is 0 Å². The Morgan fingerprint density at radius 1 is 0.800 bits per heavy atom. The van der Waals surface area contributed by atoms with Crippen LogP contribution >= 0.6 is 0 Å². The van der Waals surface area contributed by atoms with E-state index in [9.17, 15) is 5.21 Å². The molecule has 2 rings (SSSR count). The molecule has 0 aliphatic rings. The Morgan fingerprint density at radius 3 is 1.92 bits per heavy atom. The van der Waals surface area contributed by atoms with E-state index in [-0.39, 0.29) is 0 Å². The van der Waals surface area contributed by atoms with Crippen molar-refractivity contribution in [1.29, 1.82) is 0 Å². The van der Waals surface area contributed by atoms with Crippen LogP contribution in [0.15, 0.2) is 53.7 Å². The second kappa shape index (κ2) is 9.11. The zero-order chi connectivity index (χ0) is 18.2. The summed E-state index contributed by atoms with van der Waals surface area (Å²) in [6.07, 6.45) is 0. The molecule has 0 heterocycles. The highest BCUT2D eigenvalue weighted by Gasteiger charge is 2.21. The van der Waals surface area contributed by atoms with E-state index in [1.54, 1.807) is 0 Å².